The van der Waals surface area contributed by atoms with Crippen molar-refractivity contribution in [2.45, 2.75) is 0 Å². The Morgan fingerprint density at radius 1 is 0.190 bits per heavy atom. The zero-order valence-electron chi connectivity index (χ0n) is 22.3. The van der Waals surface area contributed by atoms with Gasteiger partial charge in [0.05, 0.1) is 0 Å². The van der Waals surface area contributed by atoms with Crippen LogP contribution in [0.3, 0.4) is 0 Å². The predicted molar refractivity (Wildman–Crippen MR) is 164 cm³/mol. The molecule has 0 amide bonds. The normalized spacial score (nSPS) is 10.9. The van der Waals surface area contributed by atoms with Gasteiger partial charge in [-0.05, 0) is 72.8 Å². The Morgan fingerprint density at radius 2 is 0.310 bits per heavy atom. The van der Waals surface area contributed by atoms with Crippen molar-refractivity contribution in [2.75, 3.05) is 0 Å². The fourth-order valence-corrected chi connectivity index (χ4v) is 4.42. The molecule has 6 aromatic carbocycles. The smallest absolute Gasteiger partial charge is 0.131 e. The van der Waals surface area contributed by atoms with Crippen LogP contribution in [0.1, 0.15) is 0 Å². The summed E-state index contributed by atoms with van der Waals surface area (Å²) in [7, 11) is 0. The maximum atomic E-state index is 6.14. The molecular weight excluding hydrogens is 528 g/mol. The molecule has 1 heterocycles. The molecule has 0 saturated carbocycles. The summed E-state index contributed by atoms with van der Waals surface area (Å²) in [6.07, 6.45) is 0. The van der Waals surface area contributed by atoms with E-state index in [4.69, 9.17) is 26.5 Å². The lowest BCUT2D eigenvalue weighted by atomic mass is 10.3. The lowest BCUT2D eigenvalue weighted by Gasteiger charge is -1.96. The molecule has 0 fully saturated rings. The van der Waals surface area contributed by atoms with E-state index >= 15 is 0 Å². The summed E-state index contributed by atoms with van der Waals surface area (Å²) in [5.74, 6) is 0. The molecule has 204 valence electrons. The van der Waals surface area contributed by atoms with Gasteiger partial charge in [-0.1, -0.05) is 36.4 Å². The Bertz CT molecular complexity index is 1780. The van der Waals surface area contributed by atoms with Gasteiger partial charge in [-0.15, -0.1) is 0 Å². The quantitative estimate of drug-likeness (QED) is 0.186. The third-order valence-electron chi connectivity index (χ3n) is 6.25. The molecule has 0 aliphatic heterocycles. The van der Waals surface area contributed by atoms with E-state index in [1.807, 2.05) is 146 Å². The van der Waals surface area contributed by atoms with E-state index in [2.05, 4.69) is 0 Å². The monoisotopic (exact) mass is 552 g/mol. The predicted octanol–water partition coefficient (Wildman–Crippen LogP) is 11.2. The van der Waals surface area contributed by atoms with Crippen LogP contribution >= 0.6 is 0 Å². The number of benzene rings is 6. The molecule has 12 bridgehead atoms. The van der Waals surface area contributed by atoms with Crippen molar-refractivity contribution in [3.8, 4) is 0 Å². The van der Waals surface area contributed by atoms with Crippen molar-refractivity contribution < 1.29 is 26.5 Å². The summed E-state index contributed by atoms with van der Waals surface area (Å²) in [5, 5.41) is 0. The van der Waals surface area contributed by atoms with Gasteiger partial charge in [0.1, 0.15) is 67.0 Å². The molecule has 1 aromatic heterocycles. The Labute approximate surface area is 238 Å². The van der Waals surface area contributed by atoms with Gasteiger partial charge in [-0.25, -0.2) is 0 Å². The van der Waals surface area contributed by atoms with Crippen molar-refractivity contribution >= 4 is 67.0 Å². The zero-order valence-corrected chi connectivity index (χ0v) is 22.3. The molecule has 7 rings (SSSR count). The number of fused-ring (bicyclic) bond motifs is 12. The van der Waals surface area contributed by atoms with Crippen LogP contribution in [-0.4, -0.2) is 0 Å². The summed E-state index contributed by atoms with van der Waals surface area (Å²) in [6, 6.07) is 44.7. The van der Waals surface area contributed by atoms with Crippen molar-refractivity contribution in [2.24, 2.45) is 0 Å². The summed E-state index contributed by atoms with van der Waals surface area (Å²) in [6.45, 7) is 0. The third-order valence-corrected chi connectivity index (χ3v) is 6.25. The largest absolute Gasteiger partial charge is 0.457 e. The van der Waals surface area contributed by atoms with Crippen LogP contribution in [0.2, 0.25) is 0 Å². The van der Waals surface area contributed by atoms with E-state index in [1.165, 1.54) is 0 Å². The molecule has 0 saturated heterocycles. The van der Waals surface area contributed by atoms with Crippen molar-refractivity contribution in [3.63, 3.8) is 0 Å². The van der Waals surface area contributed by atoms with Crippen molar-refractivity contribution in [1.29, 1.82) is 0 Å². The summed E-state index contributed by atoms with van der Waals surface area (Å²) in [5.41, 5.74) is 7.51. The molecule has 0 N–H and O–H groups in total. The van der Waals surface area contributed by atoms with Gasteiger partial charge in [-0.2, -0.15) is 0 Å². The molecule has 0 spiro atoms. The highest BCUT2D eigenvalue weighted by Gasteiger charge is 1.96. The average Bonchev–Trinajstić information content (AvgIpc) is 2.98. The van der Waals surface area contributed by atoms with Crippen LogP contribution in [0.25, 0.3) is 67.0 Å². The average molecular weight is 553 g/mol. The third kappa shape index (κ3) is 6.13. The van der Waals surface area contributed by atoms with Crippen LogP contribution in [0.15, 0.2) is 172 Å². The summed E-state index contributed by atoms with van der Waals surface area (Å²) < 4.78 is 36.8. The summed E-state index contributed by atoms with van der Waals surface area (Å²) >= 11 is 0. The van der Waals surface area contributed by atoms with E-state index in [9.17, 15) is 0 Å². The fraction of sp³-hybridized carbons (Fsp3) is 0. The van der Waals surface area contributed by atoms with Crippen molar-refractivity contribution in [1.82, 2.24) is 0 Å². The molecule has 0 atom stereocenters. The maximum Gasteiger partial charge on any atom is 0.131 e. The minimum absolute atomic E-state index is 0.626. The topological polar surface area (TPSA) is 78.8 Å². The number of hydrogen-bond donors (Lipinski definition) is 0. The SMILES string of the molecule is c1cc2cc(c1)oc1cccc(c1)oc1cccc(c1)oc1cccc(c1)oc1cccc(c1)oc1cccc(c1)o2. The van der Waals surface area contributed by atoms with Crippen LogP contribution in [0.5, 0.6) is 0 Å². The Kier molecular flexibility index (Phi) is 6.76. The van der Waals surface area contributed by atoms with E-state index in [0.29, 0.717) is 67.0 Å². The van der Waals surface area contributed by atoms with Gasteiger partial charge in [0.15, 0.2) is 0 Å². The first-order chi connectivity index (χ1) is 20.7. The highest BCUT2D eigenvalue weighted by molar-refractivity contribution is 5.65. The standard InChI is InChI=1S/C36H24O6/c1-7-25-19-26(8-1)38-28-10-3-12-30(21-28)40-32-14-5-16-34(23-32)42-36-18-6-17-35(24-36)41-33-15-4-13-31(22-33)39-29-11-2-9-27(20-29)37-25/h1-24H. The molecule has 6 nitrogen and oxygen atoms in total. The molecule has 0 aliphatic rings. The van der Waals surface area contributed by atoms with Gasteiger partial charge >= 0.3 is 0 Å². The Hall–Kier alpha value is -5.88. The Morgan fingerprint density at radius 3 is 0.429 bits per heavy atom. The first-order valence-electron chi connectivity index (χ1n) is 13.4. The van der Waals surface area contributed by atoms with E-state index < -0.39 is 0 Å². The van der Waals surface area contributed by atoms with Gasteiger partial charge in [0.25, 0.3) is 0 Å². The number of rotatable bonds is 0. The molecule has 42 heavy (non-hydrogen) atoms. The van der Waals surface area contributed by atoms with Gasteiger partial charge in [-0.3, -0.25) is 0 Å². The van der Waals surface area contributed by atoms with Crippen molar-refractivity contribution in [3.05, 3.63) is 146 Å². The van der Waals surface area contributed by atoms with Crippen LogP contribution in [0, 0.1) is 0 Å². The minimum Gasteiger partial charge on any atom is -0.457 e. The van der Waals surface area contributed by atoms with Crippen LogP contribution in [-0.2, 0) is 0 Å². The first kappa shape index (κ1) is 25.1. The van der Waals surface area contributed by atoms with E-state index in [1.54, 1.807) is 0 Å². The zero-order chi connectivity index (χ0) is 28.1. The molecule has 0 radical (unpaired) electrons. The van der Waals surface area contributed by atoms with Crippen LogP contribution in [0.4, 0.5) is 0 Å². The highest BCUT2D eigenvalue weighted by atomic mass is 16.4. The van der Waals surface area contributed by atoms with Gasteiger partial charge < -0.3 is 26.5 Å². The molecule has 7 aromatic rings. The molecule has 0 unspecified atom stereocenters. The second-order valence-electron chi connectivity index (χ2n) is 9.46. The molecule has 6 heteroatoms. The van der Waals surface area contributed by atoms with Crippen LogP contribution < -0.4 is 0 Å². The lowest BCUT2D eigenvalue weighted by Crippen LogP contribution is -1.71. The van der Waals surface area contributed by atoms with E-state index in [0.717, 1.165) is 0 Å². The van der Waals surface area contributed by atoms with Gasteiger partial charge in [0.2, 0.25) is 0 Å². The molecule has 0 aliphatic carbocycles. The van der Waals surface area contributed by atoms with E-state index in [-0.39, 0.29) is 0 Å². The highest BCUT2D eigenvalue weighted by Crippen LogP contribution is 2.18. The number of hydrogen-bond acceptors (Lipinski definition) is 6. The minimum atomic E-state index is 0.626. The summed E-state index contributed by atoms with van der Waals surface area (Å²) in [4.78, 5) is 0. The fourth-order valence-electron chi connectivity index (χ4n) is 4.42. The van der Waals surface area contributed by atoms with Gasteiger partial charge in [0, 0.05) is 36.4 Å². The lowest BCUT2D eigenvalue weighted by molar-refractivity contribution is 0.628. The second-order valence-corrected chi connectivity index (χ2v) is 9.46. The second kappa shape index (κ2) is 11.3. The Balaban J connectivity index is 1.53. The first-order valence-corrected chi connectivity index (χ1v) is 13.4. The maximum absolute atomic E-state index is 6.14. The molecular formula is C36H24O6.